The van der Waals surface area contributed by atoms with Crippen molar-refractivity contribution in [2.45, 2.75) is 19.4 Å². The van der Waals surface area contributed by atoms with Crippen molar-refractivity contribution in [3.05, 3.63) is 39.9 Å². The first-order chi connectivity index (χ1) is 8.54. The van der Waals surface area contributed by atoms with Crippen molar-refractivity contribution in [2.75, 3.05) is 18.6 Å². The molecule has 0 fully saturated rings. The van der Waals surface area contributed by atoms with Crippen molar-refractivity contribution in [1.29, 1.82) is 0 Å². The van der Waals surface area contributed by atoms with Crippen LogP contribution < -0.4 is 5.32 Å². The van der Waals surface area contributed by atoms with E-state index in [-0.39, 0.29) is 11.7 Å². The van der Waals surface area contributed by atoms with Gasteiger partial charge in [0.15, 0.2) is 0 Å². The maximum absolute atomic E-state index is 11.0. The van der Waals surface area contributed by atoms with Gasteiger partial charge in [-0.2, -0.15) is 0 Å². The van der Waals surface area contributed by atoms with Crippen LogP contribution in [0.1, 0.15) is 24.9 Å². The highest BCUT2D eigenvalue weighted by atomic mass is 32.2. The van der Waals surface area contributed by atoms with Gasteiger partial charge in [0.1, 0.15) is 0 Å². The molecule has 0 aliphatic rings. The van der Waals surface area contributed by atoms with Crippen molar-refractivity contribution in [3.63, 3.8) is 0 Å². The molecule has 0 heterocycles. The lowest BCUT2D eigenvalue weighted by molar-refractivity contribution is -0.384. The Morgan fingerprint density at radius 3 is 2.78 bits per heavy atom. The normalized spacial score (nSPS) is 14.1. The fraction of sp³-hybridized carbons (Fsp3) is 0.500. The number of hydrogen-bond acceptors (Lipinski definition) is 4. The van der Waals surface area contributed by atoms with Crippen LogP contribution >= 0.6 is 0 Å². The zero-order valence-electron chi connectivity index (χ0n) is 10.6. The predicted molar refractivity (Wildman–Crippen MR) is 73.1 cm³/mol. The highest BCUT2D eigenvalue weighted by Gasteiger charge is 2.12. The fourth-order valence-electron chi connectivity index (χ4n) is 1.73. The summed E-state index contributed by atoms with van der Waals surface area (Å²) in [5.74, 6) is 0.589. The van der Waals surface area contributed by atoms with Crippen LogP contribution in [0, 0.1) is 10.1 Å². The van der Waals surface area contributed by atoms with E-state index in [9.17, 15) is 14.3 Å². The quantitative estimate of drug-likeness (QED) is 0.607. The van der Waals surface area contributed by atoms with E-state index in [1.54, 1.807) is 18.4 Å². The number of nitro groups is 1. The number of hydrogen-bond donors (Lipinski definition) is 1. The third-order valence-electron chi connectivity index (χ3n) is 2.67. The molecule has 0 aliphatic heterocycles. The lowest BCUT2D eigenvalue weighted by atomic mass is 10.0. The van der Waals surface area contributed by atoms with Gasteiger partial charge >= 0.3 is 0 Å². The van der Waals surface area contributed by atoms with Gasteiger partial charge < -0.3 is 5.32 Å². The Balaban J connectivity index is 2.72. The zero-order chi connectivity index (χ0) is 13.5. The average Bonchev–Trinajstić information content (AvgIpc) is 2.34. The first kappa shape index (κ1) is 14.8. The van der Waals surface area contributed by atoms with Crippen LogP contribution in [0.4, 0.5) is 5.69 Å². The largest absolute Gasteiger partial charge is 0.309 e. The molecule has 0 amide bonds. The summed E-state index contributed by atoms with van der Waals surface area (Å²) in [5, 5.41) is 14.0. The summed E-state index contributed by atoms with van der Waals surface area (Å²) in [5.41, 5.74) is 1.00. The zero-order valence-corrected chi connectivity index (χ0v) is 11.4. The Morgan fingerprint density at radius 2 is 2.22 bits per heavy atom. The van der Waals surface area contributed by atoms with Crippen LogP contribution in [-0.4, -0.2) is 27.7 Å². The second kappa shape index (κ2) is 7.23. The molecule has 1 aromatic carbocycles. The molecule has 18 heavy (non-hydrogen) atoms. The first-order valence-corrected chi connectivity index (χ1v) is 7.55. The molecule has 0 aliphatic carbocycles. The molecule has 5 nitrogen and oxygen atoms in total. The van der Waals surface area contributed by atoms with E-state index >= 15 is 0 Å². The number of benzene rings is 1. The summed E-state index contributed by atoms with van der Waals surface area (Å²) in [6.07, 6.45) is 2.49. The Bertz CT molecular complexity index is 437. The van der Waals surface area contributed by atoms with E-state index in [1.165, 1.54) is 6.07 Å². The standard InChI is InChI=1S/C12H18N2O3S/c1-3-12(13-7-8-18(2)17)10-5-4-6-11(9-10)14(15)16/h4-6,9,12-13H,3,7-8H2,1-2H3. The van der Waals surface area contributed by atoms with Crippen LogP contribution in [0.2, 0.25) is 0 Å². The van der Waals surface area contributed by atoms with Gasteiger partial charge in [0.25, 0.3) is 5.69 Å². The Labute approximate surface area is 109 Å². The summed E-state index contributed by atoms with van der Waals surface area (Å²) in [6, 6.07) is 6.70. The molecular weight excluding hydrogens is 252 g/mol. The molecule has 1 rings (SSSR count). The summed E-state index contributed by atoms with van der Waals surface area (Å²) in [4.78, 5) is 10.3. The van der Waals surface area contributed by atoms with Crippen LogP contribution in [0.3, 0.4) is 0 Å². The Kier molecular flexibility index (Phi) is 5.94. The van der Waals surface area contributed by atoms with E-state index in [4.69, 9.17) is 0 Å². The summed E-state index contributed by atoms with van der Waals surface area (Å²) < 4.78 is 11.0. The first-order valence-electron chi connectivity index (χ1n) is 5.82. The van der Waals surface area contributed by atoms with Gasteiger partial charge in [-0.1, -0.05) is 19.1 Å². The maximum Gasteiger partial charge on any atom is 0.269 e. The van der Waals surface area contributed by atoms with Crippen molar-refractivity contribution in [1.82, 2.24) is 5.32 Å². The Morgan fingerprint density at radius 1 is 1.50 bits per heavy atom. The highest BCUT2D eigenvalue weighted by molar-refractivity contribution is 7.84. The van der Waals surface area contributed by atoms with Gasteiger partial charge in [-0.05, 0) is 12.0 Å². The molecule has 1 aromatic rings. The SMILES string of the molecule is CCC(NCCS(C)=O)c1cccc([N+](=O)[O-])c1. The van der Waals surface area contributed by atoms with Crippen LogP contribution in [0.25, 0.3) is 0 Å². The fourth-order valence-corrected chi connectivity index (χ4v) is 2.14. The summed E-state index contributed by atoms with van der Waals surface area (Å²) >= 11 is 0. The molecule has 0 radical (unpaired) electrons. The molecule has 6 heteroatoms. The number of nitro benzene ring substituents is 1. The van der Waals surface area contributed by atoms with Gasteiger partial charge in [0.05, 0.1) is 4.92 Å². The second-order valence-corrected chi connectivity index (χ2v) is 5.60. The molecular formula is C12H18N2O3S. The van der Waals surface area contributed by atoms with Gasteiger partial charge in [-0.3, -0.25) is 14.3 Å². The molecule has 0 saturated carbocycles. The molecule has 0 bridgehead atoms. The third kappa shape index (κ3) is 4.54. The van der Waals surface area contributed by atoms with Crippen LogP contribution in [-0.2, 0) is 10.8 Å². The molecule has 100 valence electrons. The minimum atomic E-state index is -0.823. The van der Waals surface area contributed by atoms with Crippen molar-refractivity contribution < 1.29 is 9.13 Å². The molecule has 2 unspecified atom stereocenters. The monoisotopic (exact) mass is 270 g/mol. The third-order valence-corrected chi connectivity index (χ3v) is 3.45. The van der Waals surface area contributed by atoms with Gasteiger partial charge in [0, 0.05) is 47.5 Å². The van der Waals surface area contributed by atoms with Crippen molar-refractivity contribution >= 4 is 16.5 Å². The second-order valence-electron chi connectivity index (χ2n) is 4.04. The number of nitrogens with one attached hydrogen (secondary N) is 1. The van der Waals surface area contributed by atoms with Crippen molar-refractivity contribution in [3.8, 4) is 0 Å². The summed E-state index contributed by atoms with van der Waals surface area (Å²) in [7, 11) is -0.823. The maximum atomic E-state index is 11.0. The minimum Gasteiger partial charge on any atom is -0.309 e. The van der Waals surface area contributed by atoms with Gasteiger partial charge in [-0.25, -0.2) is 0 Å². The molecule has 0 aromatic heterocycles. The Hall–Kier alpha value is -1.27. The molecule has 2 atom stereocenters. The molecule has 0 saturated heterocycles. The highest BCUT2D eigenvalue weighted by Crippen LogP contribution is 2.21. The van der Waals surface area contributed by atoms with Gasteiger partial charge in [-0.15, -0.1) is 0 Å². The smallest absolute Gasteiger partial charge is 0.269 e. The lowest BCUT2D eigenvalue weighted by Gasteiger charge is -2.16. The van der Waals surface area contributed by atoms with Crippen molar-refractivity contribution in [2.24, 2.45) is 0 Å². The summed E-state index contributed by atoms with van der Waals surface area (Å²) in [6.45, 7) is 2.66. The number of non-ortho nitro benzene ring substituents is 1. The van der Waals surface area contributed by atoms with E-state index in [0.717, 1.165) is 12.0 Å². The number of rotatable bonds is 7. The van der Waals surface area contributed by atoms with E-state index < -0.39 is 15.7 Å². The molecule has 0 spiro atoms. The van der Waals surface area contributed by atoms with Crippen LogP contribution in [0.15, 0.2) is 24.3 Å². The molecule has 1 N–H and O–H groups in total. The van der Waals surface area contributed by atoms with E-state index in [0.29, 0.717) is 12.3 Å². The number of nitrogens with zero attached hydrogens (tertiary/aromatic N) is 1. The van der Waals surface area contributed by atoms with Crippen LogP contribution in [0.5, 0.6) is 0 Å². The van der Waals surface area contributed by atoms with E-state index in [2.05, 4.69) is 5.32 Å². The lowest BCUT2D eigenvalue weighted by Crippen LogP contribution is -2.25. The predicted octanol–water partition coefficient (Wildman–Crippen LogP) is 2.01. The average molecular weight is 270 g/mol. The van der Waals surface area contributed by atoms with Gasteiger partial charge in [0.2, 0.25) is 0 Å². The minimum absolute atomic E-state index is 0.0634. The van der Waals surface area contributed by atoms with E-state index in [1.807, 2.05) is 13.0 Å². The topological polar surface area (TPSA) is 72.2 Å².